The number of carbonyl (C=O) groups is 1. The summed E-state index contributed by atoms with van der Waals surface area (Å²) in [7, 11) is 0. The number of carbonyl (C=O) groups excluding carboxylic acids is 1. The van der Waals surface area contributed by atoms with Gasteiger partial charge >= 0.3 is 6.09 Å². The Bertz CT molecular complexity index is 485. The number of nitrogens with one attached hydrogen (secondary N) is 1. The van der Waals surface area contributed by atoms with Gasteiger partial charge in [0, 0.05) is 18.8 Å². The molecule has 1 amide bonds. The van der Waals surface area contributed by atoms with Gasteiger partial charge in [0.25, 0.3) is 0 Å². The lowest BCUT2D eigenvalue weighted by molar-refractivity contribution is 0.0509. The van der Waals surface area contributed by atoms with Crippen molar-refractivity contribution in [3.63, 3.8) is 0 Å². The molecule has 20 heavy (non-hydrogen) atoms. The Labute approximate surface area is 118 Å². The minimum Gasteiger partial charge on any atom is -0.444 e. The van der Waals surface area contributed by atoms with Crippen molar-refractivity contribution in [2.75, 3.05) is 18.0 Å². The highest BCUT2D eigenvalue weighted by Crippen LogP contribution is 2.21. The summed E-state index contributed by atoms with van der Waals surface area (Å²) in [6.07, 6.45) is 0.430. The molecule has 110 valence electrons. The normalized spacial score (nSPS) is 19.0. The fourth-order valence-electron chi connectivity index (χ4n) is 2.26. The summed E-state index contributed by atoms with van der Waals surface area (Å²) in [6.45, 7) is 6.97. The molecule has 1 aromatic rings. The molecule has 0 bridgehead atoms. The lowest BCUT2D eigenvalue weighted by atomic mass is 10.2. The van der Waals surface area contributed by atoms with E-state index in [9.17, 15) is 9.18 Å². The van der Waals surface area contributed by atoms with Crippen molar-refractivity contribution in [2.45, 2.75) is 38.8 Å². The zero-order chi connectivity index (χ0) is 14.8. The van der Waals surface area contributed by atoms with Crippen LogP contribution in [0.15, 0.2) is 24.3 Å². The number of benzene rings is 1. The topological polar surface area (TPSA) is 41.6 Å². The molecule has 5 heteroatoms. The number of anilines is 1. The van der Waals surface area contributed by atoms with Crippen molar-refractivity contribution >= 4 is 11.8 Å². The molecule has 1 N–H and O–H groups in total. The van der Waals surface area contributed by atoms with E-state index in [1.807, 2.05) is 26.8 Å². The number of hydrogen-bond acceptors (Lipinski definition) is 3. The molecule has 0 spiro atoms. The number of amides is 1. The molecule has 1 aromatic carbocycles. The van der Waals surface area contributed by atoms with Crippen LogP contribution in [0.1, 0.15) is 27.2 Å². The van der Waals surface area contributed by atoms with E-state index in [4.69, 9.17) is 4.74 Å². The summed E-state index contributed by atoms with van der Waals surface area (Å²) in [5.41, 5.74) is 0.351. The van der Waals surface area contributed by atoms with E-state index in [1.165, 1.54) is 12.1 Å². The third-order valence-corrected chi connectivity index (χ3v) is 3.08. The molecule has 1 saturated heterocycles. The number of hydrogen-bond donors (Lipinski definition) is 1. The Morgan fingerprint density at radius 1 is 1.45 bits per heavy atom. The van der Waals surface area contributed by atoms with Gasteiger partial charge < -0.3 is 15.0 Å². The van der Waals surface area contributed by atoms with Crippen LogP contribution in [0.4, 0.5) is 14.9 Å². The van der Waals surface area contributed by atoms with E-state index in [-0.39, 0.29) is 11.9 Å². The number of halogens is 1. The van der Waals surface area contributed by atoms with Gasteiger partial charge in [0.1, 0.15) is 11.4 Å². The maximum absolute atomic E-state index is 13.2. The van der Waals surface area contributed by atoms with Crippen molar-refractivity contribution in [1.82, 2.24) is 5.32 Å². The van der Waals surface area contributed by atoms with E-state index >= 15 is 0 Å². The van der Waals surface area contributed by atoms with Gasteiger partial charge in [-0.1, -0.05) is 6.07 Å². The summed E-state index contributed by atoms with van der Waals surface area (Å²) in [5, 5.41) is 2.85. The fraction of sp³-hybridized carbons (Fsp3) is 0.533. The zero-order valence-corrected chi connectivity index (χ0v) is 12.1. The molecule has 0 saturated carbocycles. The average molecular weight is 280 g/mol. The second kappa shape index (κ2) is 5.69. The minimum absolute atomic E-state index is 0.0353. The molecule has 2 rings (SSSR count). The van der Waals surface area contributed by atoms with Gasteiger partial charge in [-0.25, -0.2) is 9.18 Å². The predicted octanol–water partition coefficient (Wildman–Crippen LogP) is 2.93. The van der Waals surface area contributed by atoms with E-state index in [1.54, 1.807) is 6.07 Å². The number of nitrogens with zero attached hydrogens (tertiary/aromatic N) is 1. The molecule has 0 aliphatic carbocycles. The van der Waals surface area contributed by atoms with Gasteiger partial charge in [0.05, 0.1) is 6.04 Å². The van der Waals surface area contributed by atoms with Crippen LogP contribution in [-0.4, -0.2) is 30.8 Å². The predicted molar refractivity (Wildman–Crippen MR) is 76.4 cm³/mol. The molecular formula is C15H21FN2O2. The Hall–Kier alpha value is -1.78. The smallest absolute Gasteiger partial charge is 0.407 e. The van der Waals surface area contributed by atoms with Gasteiger partial charge in [-0.05, 0) is 45.4 Å². The average Bonchev–Trinajstić information content (AvgIpc) is 2.74. The van der Waals surface area contributed by atoms with Gasteiger partial charge in [0.2, 0.25) is 0 Å². The summed E-state index contributed by atoms with van der Waals surface area (Å²) in [5.74, 6) is -0.244. The van der Waals surface area contributed by atoms with Crippen molar-refractivity contribution < 1.29 is 13.9 Å². The zero-order valence-electron chi connectivity index (χ0n) is 12.1. The van der Waals surface area contributed by atoms with Crippen molar-refractivity contribution in [2.24, 2.45) is 0 Å². The summed E-state index contributed by atoms with van der Waals surface area (Å²) in [4.78, 5) is 13.8. The largest absolute Gasteiger partial charge is 0.444 e. The molecular weight excluding hydrogens is 259 g/mol. The molecule has 0 aromatic heterocycles. The highest BCUT2D eigenvalue weighted by Gasteiger charge is 2.26. The number of rotatable bonds is 2. The van der Waals surface area contributed by atoms with Crippen LogP contribution in [0, 0.1) is 5.82 Å². The van der Waals surface area contributed by atoms with E-state index in [0.29, 0.717) is 6.54 Å². The quantitative estimate of drug-likeness (QED) is 0.905. The standard InChI is InChI=1S/C15H21FN2O2/c1-15(2,3)20-14(19)17-12-7-8-18(10-12)13-6-4-5-11(16)9-13/h4-6,9,12H,7-8,10H2,1-3H3,(H,17,19)/t12-/m1/s1. The molecule has 1 atom stereocenters. The molecule has 1 aliphatic rings. The van der Waals surface area contributed by atoms with E-state index in [0.717, 1.165) is 18.7 Å². The van der Waals surface area contributed by atoms with Gasteiger partial charge in [-0.3, -0.25) is 0 Å². The maximum atomic E-state index is 13.2. The first-order valence-corrected chi connectivity index (χ1v) is 6.83. The van der Waals surface area contributed by atoms with Crippen molar-refractivity contribution in [3.05, 3.63) is 30.1 Å². The summed E-state index contributed by atoms with van der Waals surface area (Å²) >= 11 is 0. The molecule has 0 unspecified atom stereocenters. The van der Waals surface area contributed by atoms with Crippen LogP contribution in [0.5, 0.6) is 0 Å². The minimum atomic E-state index is -0.495. The summed E-state index contributed by atoms with van der Waals surface area (Å²) in [6, 6.07) is 6.54. The Balaban J connectivity index is 1.88. The first kappa shape index (κ1) is 14.6. The fourth-order valence-corrected chi connectivity index (χ4v) is 2.26. The van der Waals surface area contributed by atoms with Crippen LogP contribution in [0.2, 0.25) is 0 Å². The van der Waals surface area contributed by atoms with Crippen molar-refractivity contribution in [1.29, 1.82) is 0 Å². The third-order valence-electron chi connectivity index (χ3n) is 3.08. The Kier molecular flexibility index (Phi) is 4.16. The van der Waals surface area contributed by atoms with Gasteiger partial charge in [-0.15, -0.1) is 0 Å². The van der Waals surface area contributed by atoms with Crippen LogP contribution in [0.25, 0.3) is 0 Å². The van der Waals surface area contributed by atoms with Crippen LogP contribution in [0.3, 0.4) is 0 Å². The van der Waals surface area contributed by atoms with E-state index in [2.05, 4.69) is 10.2 Å². The Morgan fingerprint density at radius 2 is 2.20 bits per heavy atom. The first-order valence-electron chi connectivity index (χ1n) is 6.83. The van der Waals surface area contributed by atoms with E-state index < -0.39 is 11.7 Å². The highest BCUT2D eigenvalue weighted by atomic mass is 19.1. The van der Waals surface area contributed by atoms with Gasteiger partial charge in [-0.2, -0.15) is 0 Å². The monoisotopic (exact) mass is 280 g/mol. The molecule has 1 aliphatic heterocycles. The van der Waals surface area contributed by atoms with Crippen LogP contribution in [-0.2, 0) is 4.74 Å². The second-order valence-electron chi connectivity index (χ2n) is 6.06. The molecule has 1 heterocycles. The lowest BCUT2D eigenvalue weighted by Crippen LogP contribution is -2.40. The van der Waals surface area contributed by atoms with Gasteiger partial charge in [0.15, 0.2) is 0 Å². The molecule has 4 nitrogen and oxygen atoms in total. The van der Waals surface area contributed by atoms with Crippen molar-refractivity contribution in [3.8, 4) is 0 Å². The maximum Gasteiger partial charge on any atom is 0.407 e. The SMILES string of the molecule is CC(C)(C)OC(=O)N[C@@H]1CCN(c2cccc(F)c2)C1. The second-order valence-corrected chi connectivity index (χ2v) is 6.06. The van der Waals surface area contributed by atoms with Crippen LogP contribution < -0.4 is 10.2 Å². The number of ether oxygens (including phenoxy) is 1. The Morgan fingerprint density at radius 3 is 2.85 bits per heavy atom. The third kappa shape index (κ3) is 4.11. The first-order chi connectivity index (χ1) is 9.33. The molecule has 0 radical (unpaired) electrons. The van der Waals surface area contributed by atoms with Crippen LogP contribution >= 0.6 is 0 Å². The number of alkyl carbamates (subject to hydrolysis) is 1. The molecule has 1 fully saturated rings. The summed E-state index contributed by atoms with van der Waals surface area (Å²) < 4.78 is 18.4. The highest BCUT2D eigenvalue weighted by molar-refractivity contribution is 5.68. The lowest BCUT2D eigenvalue weighted by Gasteiger charge is -2.22.